The molecule has 29 heavy (non-hydrogen) atoms. The third kappa shape index (κ3) is 7.59. The summed E-state index contributed by atoms with van der Waals surface area (Å²) in [5, 5.41) is -0.248. The summed E-state index contributed by atoms with van der Waals surface area (Å²) in [6.07, 6.45) is -0.193. The fourth-order valence-corrected chi connectivity index (χ4v) is 4.23. The molecule has 0 aliphatic heterocycles. The van der Waals surface area contributed by atoms with Gasteiger partial charge in [-0.25, -0.2) is 8.51 Å². The number of ether oxygens (including phenoxy) is 2. The van der Waals surface area contributed by atoms with Crippen LogP contribution < -0.4 is 9.47 Å². The molecule has 2 atom stereocenters. The third-order valence-corrected chi connectivity index (χ3v) is 6.20. The molecule has 4 nitrogen and oxygen atoms in total. The van der Waals surface area contributed by atoms with Crippen molar-refractivity contribution in [2.75, 3.05) is 14.2 Å². The van der Waals surface area contributed by atoms with Gasteiger partial charge in [-0.3, -0.25) is 0 Å². The van der Waals surface area contributed by atoms with Crippen LogP contribution >= 0.6 is 0 Å². The predicted octanol–water partition coefficient (Wildman–Crippen LogP) is 5.32. The van der Waals surface area contributed by atoms with Gasteiger partial charge in [-0.15, -0.1) is 0 Å². The molecule has 0 saturated carbocycles. The van der Waals surface area contributed by atoms with Crippen LogP contribution in [-0.4, -0.2) is 28.0 Å². The molecule has 2 unspecified atom stereocenters. The maximum absolute atomic E-state index is 13.2. The minimum Gasteiger partial charge on any atom is -0.497 e. The number of hydrogen-bond donors (Lipinski definition) is 0. The first-order chi connectivity index (χ1) is 13.9. The van der Waals surface area contributed by atoms with Crippen molar-refractivity contribution < 1.29 is 22.5 Å². The molecular weight excluding hydrogens is 396 g/mol. The second kappa shape index (κ2) is 11.7. The number of rotatable bonds is 11. The lowest BCUT2D eigenvalue weighted by Gasteiger charge is -2.25. The lowest BCUT2D eigenvalue weighted by atomic mass is 10.2. The Labute approximate surface area is 173 Å². The molecule has 0 amide bonds. The monoisotopic (exact) mass is 423 g/mol. The summed E-state index contributed by atoms with van der Waals surface area (Å²) in [5.74, 6) is 1.51. The standard InChI is InChI=1S/C22H27F2NO3S/c1-17(5-4-6-22(23)24)29(26)25(15-18-7-11-20(27-2)12-8-18)16-19-9-13-21(28-3)14-10-19/h6-14,17H,4-5,15-16H2,1-3H3. The number of halogens is 2. The quantitative estimate of drug-likeness (QED) is 0.491. The lowest BCUT2D eigenvalue weighted by Crippen LogP contribution is -2.31. The highest BCUT2D eigenvalue weighted by Gasteiger charge is 2.20. The average Bonchev–Trinajstić information content (AvgIpc) is 2.73. The Bertz CT molecular complexity index is 756. The number of nitrogens with zero attached hydrogens (tertiary/aromatic N) is 1. The fourth-order valence-electron chi connectivity index (χ4n) is 2.83. The molecule has 2 aromatic carbocycles. The first-order valence-corrected chi connectivity index (χ1v) is 10.5. The predicted molar refractivity (Wildman–Crippen MR) is 112 cm³/mol. The van der Waals surface area contributed by atoms with Crippen molar-refractivity contribution in [1.82, 2.24) is 4.31 Å². The highest BCUT2D eigenvalue weighted by atomic mass is 32.2. The first-order valence-electron chi connectivity index (χ1n) is 9.35. The van der Waals surface area contributed by atoms with Crippen LogP contribution in [0.5, 0.6) is 11.5 Å². The van der Waals surface area contributed by atoms with Crippen molar-refractivity contribution in [2.45, 2.75) is 38.1 Å². The van der Waals surface area contributed by atoms with Gasteiger partial charge < -0.3 is 9.47 Å². The largest absolute Gasteiger partial charge is 0.497 e. The summed E-state index contributed by atoms with van der Waals surface area (Å²) in [6.45, 7) is 2.77. The number of allylic oxidation sites excluding steroid dienone is 1. The minimum absolute atomic E-state index is 0.203. The van der Waals surface area contributed by atoms with Gasteiger partial charge in [-0.2, -0.15) is 8.78 Å². The van der Waals surface area contributed by atoms with Crippen LogP contribution in [0.3, 0.4) is 0 Å². The summed E-state index contributed by atoms with van der Waals surface area (Å²) in [6, 6.07) is 15.2. The van der Waals surface area contributed by atoms with Gasteiger partial charge in [0.1, 0.15) is 11.5 Å². The van der Waals surface area contributed by atoms with Gasteiger partial charge in [0.25, 0.3) is 6.08 Å². The van der Waals surface area contributed by atoms with Gasteiger partial charge in [-0.05, 0) is 61.2 Å². The average molecular weight is 424 g/mol. The molecule has 0 bridgehead atoms. The summed E-state index contributed by atoms with van der Waals surface area (Å²) in [5.41, 5.74) is 1.99. The van der Waals surface area contributed by atoms with E-state index >= 15 is 0 Å². The van der Waals surface area contributed by atoms with Crippen LogP contribution in [0.15, 0.2) is 60.7 Å². The van der Waals surface area contributed by atoms with Crippen LogP contribution in [0.1, 0.15) is 30.9 Å². The molecule has 158 valence electrons. The van der Waals surface area contributed by atoms with Crippen molar-refractivity contribution in [3.8, 4) is 11.5 Å². The van der Waals surface area contributed by atoms with Crippen molar-refractivity contribution in [1.29, 1.82) is 0 Å². The van der Waals surface area contributed by atoms with Gasteiger partial charge in [0, 0.05) is 18.3 Å². The van der Waals surface area contributed by atoms with Crippen LogP contribution in [0.2, 0.25) is 0 Å². The van der Waals surface area contributed by atoms with Crippen molar-refractivity contribution in [2.24, 2.45) is 0 Å². The van der Waals surface area contributed by atoms with E-state index in [0.29, 0.717) is 19.5 Å². The molecule has 2 aromatic rings. The second-order valence-electron chi connectivity index (χ2n) is 6.65. The summed E-state index contributed by atoms with van der Waals surface area (Å²) in [7, 11) is 1.88. The Morgan fingerprint density at radius 3 is 1.79 bits per heavy atom. The van der Waals surface area contributed by atoms with E-state index in [1.165, 1.54) is 0 Å². The molecule has 0 aromatic heterocycles. The Morgan fingerprint density at radius 1 is 0.966 bits per heavy atom. The van der Waals surface area contributed by atoms with E-state index in [0.717, 1.165) is 28.7 Å². The Kier molecular flexibility index (Phi) is 9.28. The third-order valence-electron chi connectivity index (χ3n) is 4.51. The van der Waals surface area contributed by atoms with E-state index in [1.807, 2.05) is 59.8 Å². The normalized spacial score (nSPS) is 13.0. The van der Waals surface area contributed by atoms with Crippen molar-refractivity contribution in [3.05, 3.63) is 71.8 Å². The lowest BCUT2D eigenvalue weighted by molar-refractivity contribution is 0.410. The van der Waals surface area contributed by atoms with Crippen LogP contribution in [-0.2, 0) is 24.1 Å². The van der Waals surface area contributed by atoms with E-state index in [-0.39, 0.29) is 11.7 Å². The molecule has 0 radical (unpaired) electrons. The van der Waals surface area contributed by atoms with Gasteiger partial charge >= 0.3 is 0 Å². The molecule has 0 aliphatic carbocycles. The van der Waals surface area contributed by atoms with E-state index in [9.17, 15) is 13.0 Å². The number of hydrogen-bond acceptors (Lipinski definition) is 3. The van der Waals surface area contributed by atoms with Gasteiger partial charge in [0.2, 0.25) is 0 Å². The fraction of sp³-hybridized carbons (Fsp3) is 0.364. The minimum atomic E-state index is -1.70. The molecule has 0 saturated heterocycles. The zero-order valence-electron chi connectivity index (χ0n) is 16.9. The second-order valence-corrected chi connectivity index (χ2v) is 8.53. The van der Waals surface area contributed by atoms with Crippen LogP contribution in [0, 0.1) is 0 Å². The van der Waals surface area contributed by atoms with Crippen molar-refractivity contribution in [3.63, 3.8) is 0 Å². The maximum atomic E-state index is 13.2. The molecule has 0 heterocycles. The SMILES string of the molecule is COc1ccc(CN(Cc2ccc(OC)cc2)S(=O)C(C)CCC=C(F)F)cc1. The van der Waals surface area contributed by atoms with E-state index in [4.69, 9.17) is 9.47 Å². The zero-order valence-corrected chi connectivity index (χ0v) is 17.8. The molecule has 0 fully saturated rings. The van der Waals surface area contributed by atoms with Crippen molar-refractivity contribution >= 4 is 11.0 Å². The van der Waals surface area contributed by atoms with Crippen LogP contribution in [0.4, 0.5) is 8.78 Å². The maximum Gasteiger partial charge on any atom is 0.266 e. The molecule has 0 aliphatic rings. The molecule has 0 spiro atoms. The van der Waals surface area contributed by atoms with E-state index < -0.39 is 17.1 Å². The molecular formula is C22H27F2NO3S. The Morgan fingerprint density at radius 2 is 1.41 bits per heavy atom. The number of benzene rings is 2. The molecule has 2 rings (SSSR count). The molecule has 0 N–H and O–H groups in total. The Balaban J connectivity index is 2.15. The Hall–Kier alpha value is -2.25. The number of methoxy groups -OCH3 is 2. The van der Waals surface area contributed by atoms with Gasteiger partial charge in [0.05, 0.1) is 25.2 Å². The summed E-state index contributed by atoms with van der Waals surface area (Å²) in [4.78, 5) is 0. The topological polar surface area (TPSA) is 38.8 Å². The molecule has 7 heteroatoms. The zero-order chi connectivity index (χ0) is 21.2. The van der Waals surface area contributed by atoms with E-state index in [2.05, 4.69) is 0 Å². The van der Waals surface area contributed by atoms with E-state index in [1.54, 1.807) is 14.2 Å². The summed E-state index contributed by atoms with van der Waals surface area (Å²) >= 11 is 0. The highest BCUT2D eigenvalue weighted by Crippen LogP contribution is 2.21. The summed E-state index contributed by atoms with van der Waals surface area (Å²) < 4.78 is 50.0. The van der Waals surface area contributed by atoms with Gasteiger partial charge in [-0.1, -0.05) is 24.3 Å². The smallest absolute Gasteiger partial charge is 0.266 e. The van der Waals surface area contributed by atoms with Gasteiger partial charge in [0.15, 0.2) is 0 Å². The highest BCUT2D eigenvalue weighted by molar-refractivity contribution is 7.83. The first kappa shape index (κ1) is 23.0. The van der Waals surface area contributed by atoms with Crippen LogP contribution in [0.25, 0.3) is 0 Å².